The minimum absolute atomic E-state index is 0.253. The molecule has 0 atom stereocenters. The van der Waals surface area contributed by atoms with Gasteiger partial charge in [0.05, 0.1) is 23.6 Å². The number of nitrogens with zero attached hydrogens (tertiary/aromatic N) is 4. The minimum atomic E-state index is -0.253. The zero-order valence-electron chi connectivity index (χ0n) is 11.8. The minimum Gasteiger partial charge on any atom is -0.297 e. The molecule has 21 heavy (non-hydrogen) atoms. The molecule has 3 heterocycles. The van der Waals surface area contributed by atoms with Crippen LogP contribution in [0.4, 0.5) is 5.13 Å². The first-order chi connectivity index (χ1) is 10.2. The molecule has 0 unspecified atom stereocenters. The molecule has 1 fully saturated rings. The van der Waals surface area contributed by atoms with Gasteiger partial charge in [-0.15, -0.1) is 11.3 Å². The first kappa shape index (κ1) is 14.6. The third-order valence-corrected chi connectivity index (χ3v) is 4.91. The molecule has 8 heteroatoms. The van der Waals surface area contributed by atoms with Crippen LogP contribution in [0.3, 0.4) is 0 Å². The third kappa shape index (κ3) is 3.84. The Labute approximate surface area is 131 Å². The van der Waals surface area contributed by atoms with Crippen LogP contribution in [0.2, 0.25) is 0 Å². The summed E-state index contributed by atoms with van der Waals surface area (Å²) in [6.07, 6.45) is 3.97. The topological polar surface area (TPSA) is 71.0 Å². The van der Waals surface area contributed by atoms with Gasteiger partial charge in [0.25, 0.3) is 5.91 Å². The standard InChI is InChI=1S/C13H17N5OS2/c1-9-2-4-18(5-3-9)7-10-8-20-13(15-10)16-12(19)11-6-14-21-17-11/h6,8-9H,2-5,7H2,1H3,(H,15,16,19). The molecule has 0 radical (unpaired) electrons. The Morgan fingerprint density at radius 1 is 1.48 bits per heavy atom. The molecule has 3 rings (SSSR count). The van der Waals surface area contributed by atoms with Crippen LogP contribution in [-0.2, 0) is 6.54 Å². The summed E-state index contributed by atoms with van der Waals surface area (Å²) in [6.45, 7) is 5.42. The maximum absolute atomic E-state index is 11.9. The fourth-order valence-corrected chi connectivity index (χ4v) is 3.42. The van der Waals surface area contributed by atoms with Gasteiger partial charge in [0.1, 0.15) is 0 Å². The Bertz CT molecular complexity index is 589. The van der Waals surface area contributed by atoms with Gasteiger partial charge in [-0.2, -0.15) is 8.75 Å². The molecule has 1 aliphatic rings. The Morgan fingerprint density at radius 3 is 3.00 bits per heavy atom. The lowest BCUT2D eigenvalue weighted by atomic mass is 9.99. The molecular weight excluding hydrogens is 306 g/mol. The fraction of sp³-hybridized carbons (Fsp3) is 0.538. The third-order valence-electron chi connectivity index (χ3n) is 3.63. The van der Waals surface area contributed by atoms with Crippen LogP contribution in [0.25, 0.3) is 0 Å². The van der Waals surface area contributed by atoms with Crippen molar-refractivity contribution in [2.75, 3.05) is 18.4 Å². The first-order valence-corrected chi connectivity index (χ1v) is 8.57. The van der Waals surface area contributed by atoms with Gasteiger partial charge in [0, 0.05) is 11.9 Å². The van der Waals surface area contributed by atoms with E-state index >= 15 is 0 Å². The van der Waals surface area contributed by atoms with Crippen LogP contribution < -0.4 is 5.32 Å². The Morgan fingerprint density at radius 2 is 2.29 bits per heavy atom. The van der Waals surface area contributed by atoms with E-state index in [1.54, 1.807) is 0 Å². The van der Waals surface area contributed by atoms with Crippen LogP contribution in [0.15, 0.2) is 11.6 Å². The van der Waals surface area contributed by atoms with E-state index in [-0.39, 0.29) is 5.91 Å². The SMILES string of the molecule is CC1CCN(Cc2csc(NC(=O)c3cnsn3)n2)CC1. The van der Waals surface area contributed by atoms with Crippen molar-refractivity contribution in [3.05, 3.63) is 23.0 Å². The van der Waals surface area contributed by atoms with E-state index in [1.807, 2.05) is 5.38 Å². The second-order valence-corrected chi connectivity index (χ2v) is 6.76. The number of hydrogen-bond donors (Lipinski definition) is 1. The number of anilines is 1. The highest BCUT2D eigenvalue weighted by atomic mass is 32.1. The molecule has 1 saturated heterocycles. The second kappa shape index (κ2) is 6.59. The number of thiazole rings is 1. The van der Waals surface area contributed by atoms with Crippen molar-refractivity contribution in [3.63, 3.8) is 0 Å². The molecule has 6 nitrogen and oxygen atoms in total. The smallest absolute Gasteiger partial charge is 0.278 e. The summed E-state index contributed by atoms with van der Waals surface area (Å²) in [6, 6.07) is 0. The Kier molecular flexibility index (Phi) is 4.57. The van der Waals surface area contributed by atoms with Crippen molar-refractivity contribution in [1.82, 2.24) is 18.6 Å². The zero-order chi connectivity index (χ0) is 14.7. The predicted octanol–water partition coefficient (Wildman–Crippen LogP) is 2.48. The molecule has 0 aromatic carbocycles. The molecule has 1 amide bonds. The van der Waals surface area contributed by atoms with Crippen molar-refractivity contribution in [1.29, 1.82) is 0 Å². The van der Waals surface area contributed by atoms with Crippen molar-refractivity contribution in [2.24, 2.45) is 5.92 Å². The highest BCUT2D eigenvalue weighted by molar-refractivity contribution is 7.14. The average Bonchev–Trinajstić information content (AvgIpc) is 3.13. The summed E-state index contributed by atoms with van der Waals surface area (Å²) in [5, 5.41) is 5.39. The van der Waals surface area contributed by atoms with Gasteiger partial charge in [-0.05, 0) is 31.8 Å². The van der Waals surface area contributed by atoms with Crippen molar-refractivity contribution in [2.45, 2.75) is 26.3 Å². The van der Waals surface area contributed by atoms with Gasteiger partial charge in [0.15, 0.2) is 10.8 Å². The van der Waals surface area contributed by atoms with Crippen molar-refractivity contribution >= 4 is 34.1 Å². The van der Waals surface area contributed by atoms with Crippen LogP contribution in [-0.4, -0.2) is 37.6 Å². The highest BCUT2D eigenvalue weighted by Crippen LogP contribution is 2.21. The molecule has 2 aromatic rings. The molecule has 1 aliphatic heterocycles. The molecule has 2 aromatic heterocycles. The molecule has 0 saturated carbocycles. The number of piperidine rings is 1. The first-order valence-electron chi connectivity index (χ1n) is 6.96. The number of hydrogen-bond acceptors (Lipinski definition) is 7. The van der Waals surface area contributed by atoms with E-state index in [1.165, 1.54) is 30.4 Å². The summed E-state index contributed by atoms with van der Waals surface area (Å²) < 4.78 is 7.73. The van der Waals surface area contributed by atoms with Gasteiger partial charge >= 0.3 is 0 Å². The Hall–Kier alpha value is -1.38. The molecule has 1 N–H and O–H groups in total. The van der Waals surface area contributed by atoms with Crippen LogP contribution in [0, 0.1) is 5.92 Å². The summed E-state index contributed by atoms with van der Waals surface area (Å²) in [4.78, 5) is 18.8. The van der Waals surface area contributed by atoms with E-state index in [0.717, 1.165) is 43.0 Å². The van der Waals surface area contributed by atoms with Crippen LogP contribution in [0.5, 0.6) is 0 Å². The lowest BCUT2D eigenvalue weighted by Gasteiger charge is -2.29. The maximum Gasteiger partial charge on any atom is 0.278 e. The highest BCUT2D eigenvalue weighted by Gasteiger charge is 2.17. The van der Waals surface area contributed by atoms with Crippen molar-refractivity contribution in [3.8, 4) is 0 Å². The quantitative estimate of drug-likeness (QED) is 0.936. The van der Waals surface area contributed by atoms with E-state index < -0.39 is 0 Å². The molecular formula is C13H17N5OS2. The monoisotopic (exact) mass is 323 g/mol. The van der Waals surface area contributed by atoms with E-state index in [4.69, 9.17) is 0 Å². The summed E-state index contributed by atoms with van der Waals surface area (Å²) >= 11 is 2.47. The van der Waals surface area contributed by atoms with Crippen LogP contribution >= 0.6 is 23.1 Å². The molecule has 0 bridgehead atoms. The zero-order valence-corrected chi connectivity index (χ0v) is 13.4. The van der Waals surface area contributed by atoms with Gasteiger partial charge in [-0.3, -0.25) is 15.0 Å². The largest absolute Gasteiger partial charge is 0.297 e. The summed E-state index contributed by atoms with van der Waals surface area (Å²) in [5.74, 6) is 0.578. The lowest BCUT2D eigenvalue weighted by molar-refractivity contribution is 0.102. The maximum atomic E-state index is 11.9. The predicted molar refractivity (Wildman–Crippen MR) is 83.7 cm³/mol. The Balaban J connectivity index is 1.55. The fourth-order valence-electron chi connectivity index (χ4n) is 2.31. The molecule has 0 spiro atoms. The molecule has 112 valence electrons. The van der Waals surface area contributed by atoms with Gasteiger partial charge in [-0.1, -0.05) is 6.92 Å². The van der Waals surface area contributed by atoms with Gasteiger partial charge in [-0.25, -0.2) is 4.98 Å². The number of aromatic nitrogens is 3. The number of rotatable bonds is 4. The normalized spacial score (nSPS) is 17.0. The summed E-state index contributed by atoms with van der Waals surface area (Å²) in [5.41, 5.74) is 1.35. The summed E-state index contributed by atoms with van der Waals surface area (Å²) in [7, 11) is 0. The number of amides is 1. The average molecular weight is 323 g/mol. The van der Waals surface area contributed by atoms with Crippen LogP contribution in [0.1, 0.15) is 35.9 Å². The van der Waals surface area contributed by atoms with Crippen molar-refractivity contribution < 1.29 is 4.79 Å². The van der Waals surface area contributed by atoms with E-state index in [2.05, 4.69) is 30.9 Å². The number of carbonyl (C=O) groups is 1. The number of nitrogens with one attached hydrogen (secondary N) is 1. The molecule has 0 aliphatic carbocycles. The van der Waals surface area contributed by atoms with Gasteiger partial charge in [0.2, 0.25) is 0 Å². The van der Waals surface area contributed by atoms with E-state index in [0.29, 0.717) is 10.8 Å². The second-order valence-electron chi connectivity index (χ2n) is 5.35. The number of likely N-dealkylation sites (tertiary alicyclic amines) is 1. The van der Waals surface area contributed by atoms with E-state index in [9.17, 15) is 4.79 Å². The van der Waals surface area contributed by atoms with Gasteiger partial charge < -0.3 is 0 Å². The number of carbonyl (C=O) groups excluding carboxylic acids is 1. The lowest BCUT2D eigenvalue weighted by Crippen LogP contribution is -2.32.